The Labute approximate surface area is 221 Å². The molecule has 0 radical (unpaired) electrons. The number of likely N-dealkylation sites (tertiary alicyclic amines) is 1. The lowest BCUT2D eigenvalue weighted by atomic mass is 9.73. The maximum Gasteiger partial charge on any atom is 0.231 e. The molecule has 1 aliphatic carbocycles. The second kappa shape index (κ2) is 11.7. The van der Waals surface area contributed by atoms with E-state index in [4.69, 9.17) is 23.7 Å². The second-order valence-electron chi connectivity index (χ2n) is 9.84. The summed E-state index contributed by atoms with van der Waals surface area (Å²) in [5.74, 6) is 3.57. The number of phenolic OH excluding ortho intramolecular Hbond substituents is 1. The third kappa shape index (κ3) is 4.78. The molecule has 37 heavy (non-hydrogen) atoms. The van der Waals surface area contributed by atoms with Crippen LogP contribution in [0.15, 0.2) is 24.3 Å². The molecule has 204 valence electrons. The Morgan fingerprint density at radius 2 is 1.62 bits per heavy atom. The molecule has 6 rings (SSSR count). The van der Waals surface area contributed by atoms with Gasteiger partial charge in [0.25, 0.3) is 0 Å². The first-order chi connectivity index (χ1) is 18.1. The molecular formula is C30H43NO6. The number of methoxy groups -OCH3 is 2. The molecule has 0 spiro atoms. The Hall–Kier alpha value is -2.80. The Morgan fingerprint density at radius 3 is 2.27 bits per heavy atom. The predicted octanol–water partition coefficient (Wildman–Crippen LogP) is 6.70. The molecule has 2 aromatic carbocycles. The van der Waals surface area contributed by atoms with E-state index < -0.39 is 0 Å². The minimum Gasteiger partial charge on any atom is -0.504 e. The van der Waals surface area contributed by atoms with Crippen molar-refractivity contribution in [2.24, 2.45) is 5.92 Å². The second-order valence-corrected chi connectivity index (χ2v) is 9.84. The van der Waals surface area contributed by atoms with E-state index in [0.717, 1.165) is 60.7 Å². The number of aromatic hydroxyl groups is 1. The number of benzene rings is 2. The van der Waals surface area contributed by atoms with Crippen LogP contribution in [0.1, 0.15) is 83.3 Å². The van der Waals surface area contributed by atoms with Crippen LogP contribution >= 0.6 is 0 Å². The van der Waals surface area contributed by atoms with Crippen LogP contribution in [0.3, 0.4) is 0 Å². The zero-order valence-electron chi connectivity index (χ0n) is 23.3. The normalized spacial score (nSPS) is 25.0. The van der Waals surface area contributed by atoms with Gasteiger partial charge in [0.05, 0.1) is 14.2 Å². The van der Waals surface area contributed by atoms with Crippen molar-refractivity contribution in [3.63, 3.8) is 0 Å². The number of phenols is 1. The van der Waals surface area contributed by atoms with Crippen molar-refractivity contribution in [3.8, 4) is 34.5 Å². The van der Waals surface area contributed by atoms with Crippen molar-refractivity contribution in [2.45, 2.75) is 77.9 Å². The van der Waals surface area contributed by atoms with Crippen molar-refractivity contribution in [3.05, 3.63) is 35.4 Å². The zero-order chi connectivity index (χ0) is 26.6. The molecular weight excluding hydrogens is 470 g/mol. The minimum atomic E-state index is -0.343. The van der Waals surface area contributed by atoms with Crippen LogP contribution < -0.4 is 23.7 Å². The number of hydrogen-bond acceptors (Lipinski definition) is 7. The molecule has 0 bridgehead atoms. The van der Waals surface area contributed by atoms with Gasteiger partial charge in [-0.3, -0.25) is 4.90 Å². The number of hydrogen-bond donors (Lipinski definition) is 1. The van der Waals surface area contributed by atoms with Crippen molar-refractivity contribution in [1.29, 1.82) is 0 Å². The van der Waals surface area contributed by atoms with Crippen LogP contribution in [0.4, 0.5) is 0 Å². The van der Waals surface area contributed by atoms with Gasteiger partial charge in [-0.15, -0.1) is 0 Å². The fourth-order valence-electron chi connectivity index (χ4n) is 6.33. The lowest BCUT2D eigenvalue weighted by Gasteiger charge is -2.50. The Bertz CT molecular complexity index is 1070. The third-order valence-corrected chi connectivity index (χ3v) is 7.64. The van der Waals surface area contributed by atoms with Crippen molar-refractivity contribution in [2.75, 3.05) is 34.1 Å². The van der Waals surface area contributed by atoms with Crippen LogP contribution in [-0.4, -0.2) is 49.8 Å². The topological polar surface area (TPSA) is 69.6 Å². The molecule has 3 aliphatic heterocycles. The molecule has 3 atom stereocenters. The van der Waals surface area contributed by atoms with Gasteiger partial charge in [-0.05, 0) is 49.4 Å². The van der Waals surface area contributed by atoms with Gasteiger partial charge >= 0.3 is 0 Å². The van der Waals surface area contributed by atoms with Gasteiger partial charge in [0.1, 0.15) is 5.75 Å². The molecule has 7 nitrogen and oxygen atoms in total. The highest BCUT2D eigenvalue weighted by molar-refractivity contribution is 5.60. The summed E-state index contributed by atoms with van der Waals surface area (Å²) in [6, 6.07) is 7.86. The maximum absolute atomic E-state index is 10.8. The predicted molar refractivity (Wildman–Crippen MR) is 144 cm³/mol. The van der Waals surface area contributed by atoms with E-state index in [0.29, 0.717) is 11.5 Å². The summed E-state index contributed by atoms with van der Waals surface area (Å²) in [5.41, 5.74) is 1.73. The molecule has 4 aliphatic rings. The summed E-state index contributed by atoms with van der Waals surface area (Å²) in [4.78, 5) is 2.55. The lowest BCUT2D eigenvalue weighted by Crippen LogP contribution is -2.58. The van der Waals surface area contributed by atoms with Crippen LogP contribution in [-0.2, 0) is 0 Å². The summed E-state index contributed by atoms with van der Waals surface area (Å²) < 4.78 is 29.2. The largest absolute Gasteiger partial charge is 0.504 e. The van der Waals surface area contributed by atoms with E-state index in [1.165, 1.54) is 26.4 Å². The number of nitrogens with zero attached hydrogens (tertiary/aromatic N) is 1. The highest BCUT2D eigenvalue weighted by Crippen LogP contribution is 2.59. The standard InChI is InChI=1S/C25H29NO6.C3H8.C2H6/c1-28-22-11-15(10-18(27)24(22)29-2)23-16-12-20-21(31-14-30-20)13-19(16)32-25(7-5-6-17(23)25)26-8-3-4-9-26;1-3-2;1-2/h10-13,17,23,27H,3-9,14H2,1-2H3;3H2,1-2H3;1-2H3. The molecule has 3 unspecified atom stereocenters. The Kier molecular flexibility index (Phi) is 8.63. The summed E-state index contributed by atoms with van der Waals surface area (Å²) in [6.07, 6.45) is 6.82. The highest BCUT2D eigenvalue weighted by Gasteiger charge is 2.57. The van der Waals surface area contributed by atoms with E-state index >= 15 is 0 Å². The summed E-state index contributed by atoms with van der Waals surface area (Å²) >= 11 is 0. The van der Waals surface area contributed by atoms with Gasteiger partial charge in [0.15, 0.2) is 28.7 Å². The SMILES string of the molecule is CC.CCC.COc1cc(C2c3cc4c(cc3OC3(N5CCCC5)CCCC23)OCO4)cc(O)c1OC. The third-order valence-electron chi connectivity index (χ3n) is 7.64. The van der Waals surface area contributed by atoms with Gasteiger partial charge < -0.3 is 28.8 Å². The molecule has 0 aromatic heterocycles. The molecule has 0 amide bonds. The van der Waals surface area contributed by atoms with Gasteiger partial charge in [-0.1, -0.05) is 34.1 Å². The molecule has 1 saturated carbocycles. The quantitative estimate of drug-likeness (QED) is 0.488. The molecule has 2 fully saturated rings. The van der Waals surface area contributed by atoms with E-state index in [2.05, 4.69) is 24.8 Å². The Balaban J connectivity index is 0.000000599. The van der Waals surface area contributed by atoms with E-state index in [1.54, 1.807) is 7.11 Å². The molecule has 3 heterocycles. The lowest BCUT2D eigenvalue weighted by molar-refractivity contribution is -0.117. The molecule has 2 aromatic rings. The summed E-state index contributed by atoms with van der Waals surface area (Å²) in [7, 11) is 3.14. The fourth-order valence-corrected chi connectivity index (χ4v) is 6.33. The number of rotatable bonds is 4. The first-order valence-corrected chi connectivity index (χ1v) is 13.9. The van der Waals surface area contributed by atoms with Crippen LogP contribution in [0.25, 0.3) is 0 Å². The average molecular weight is 514 g/mol. The first-order valence-electron chi connectivity index (χ1n) is 13.9. The van der Waals surface area contributed by atoms with Gasteiger partial charge in [-0.25, -0.2) is 0 Å². The van der Waals surface area contributed by atoms with E-state index in [-0.39, 0.29) is 30.1 Å². The minimum absolute atomic E-state index is 0.0297. The van der Waals surface area contributed by atoms with Crippen molar-refractivity contribution < 1.29 is 28.8 Å². The van der Waals surface area contributed by atoms with Crippen molar-refractivity contribution in [1.82, 2.24) is 4.90 Å². The molecule has 7 heteroatoms. The van der Waals surface area contributed by atoms with Crippen LogP contribution in [0.5, 0.6) is 34.5 Å². The smallest absolute Gasteiger partial charge is 0.231 e. The van der Waals surface area contributed by atoms with Gasteiger partial charge in [0, 0.05) is 43.0 Å². The van der Waals surface area contributed by atoms with E-state index in [9.17, 15) is 5.11 Å². The monoisotopic (exact) mass is 513 g/mol. The summed E-state index contributed by atoms with van der Waals surface area (Å²) in [6.45, 7) is 10.6. The van der Waals surface area contributed by atoms with Crippen LogP contribution in [0, 0.1) is 5.92 Å². The molecule has 1 saturated heterocycles. The van der Waals surface area contributed by atoms with Crippen molar-refractivity contribution >= 4 is 0 Å². The number of fused-ring (bicyclic) bond motifs is 3. The number of ether oxygens (including phenoxy) is 5. The van der Waals surface area contributed by atoms with Gasteiger partial charge in [0.2, 0.25) is 12.5 Å². The fraction of sp³-hybridized carbons (Fsp3) is 0.600. The van der Waals surface area contributed by atoms with E-state index in [1.807, 2.05) is 32.0 Å². The molecule has 1 N–H and O–H groups in total. The van der Waals surface area contributed by atoms with Gasteiger partial charge in [-0.2, -0.15) is 0 Å². The van der Waals surface area contributed by atoms with Crippen LogP contribution in [0.2, 0.25) is 0 Å². The zero-order valence-corrected chi connectivity index (χ0v) is 23.3. The first kappa shape index (κ1) is 27.2. The average Bonchev–Trinajstić information content (AvgIpc) is 3.68. The summed E-state index contributed by atoms with van der Waals surface area (Å²) in [5, 5.41) is 10.8. The highest BCUT2D eigenvalue weighted by atomic mass is 16.7. The Morgan fingerprint density at radius 1 is 0.946 bits per heavy atom. The maximum atomic E-state index is 10.8.